The van der Waals surface area contributed by atoms with Gasteiger partial charge in [-0.25, -0.2) is 8.42 Å². The molecule has 2 fully saturated rings. The van der Waals surface area contributed by atoms with Gasteiger partial charge in [0.25, 0.3) is 0 Å². The summed E-state index contributed by atoms with van der Waals surface area (Å²) in [5.74, 6) is -0.729. The number of aliphatic hydroxyl groups excluding tert-OH is 1. The Morgan fingerprint density at radius 1 is 0.580 bits per heavy atom. The maximum Gasteiger partial charge on any atom is 0.138 e. The lowest BCUT2D eigenvalue weighted by molar-refractivity contribution is -0.925. The molecular weight excluding hydrogens is 1100 g/mol. The number of aliphatic carboxylic acids is 1. The lowest BCUT2D eigenvalue weighted by atomic mass is 10.0. The lowest BCUT2D eigenvalue weighted by Gasteiger charge is -2.37. The molecule has 458 valence electrons. The van der Waals surface area contributed by atoms with E-state index < -0.39 is 22.2 Å². The van der Waals surface area contributed by atoms with Crippen molar-refractivity contribution in [1.29, 1.82) is 0 Å². The molecule has 2 bridgehead atoms. The number of benzene rings is 4. The second-order valence-electron chi connectivity index (χ2n) is 22.6. The SMILES string of the molecule is CCC(Oc1ccc(Cl)cc1)C(=O)[O-].CCCCCCC[N+](CC)(CC)CCCCc1ccc(Cl)cc1.CCCCCCC[N+](CC)(CC)CCCCc1ccc(Cl)cc1.CN1C2CCC1CC(O)C2.Cc1ccc(S(=O)(=O)[O-])cc1. The van der Waals surface area contributed by atoms with Gasteiger partial charge in [0.2, 0.25) is 0 Å². The molecule has 0 radical (unpaired) electrons. The molecule has 0 spiro atoms. The summed E-state index contributed by atoms with van der Waals surface area (Å²) in [6.07, 6.45) is 25.6. The average Bonchev–Trinajstić information content (AvgIpc) is 3.72. The van der Waals surface area contributed by atoms with Crippen molar-refractivity contribution < 1.29 is 41.7 Å². The Bertz CT molecular complexity index is 2240. The molecule has 2 saturated heterocycles. The van der Waals surface area contributed by atoms with Crippen molar-refractivity contribution in [3.05, 3.63) is 129 Å². The summed E-state index contributed by atoms with van der Waals surface area (Å²) >= 11 is 17.6. The van der Waals surface area contributed by atoms with Crippen molar-refractivity contribution >= 4 is 50.9 Å². The van der Waals surface area contributed by atoms with Crippen LogP contribution < -0.4 is 9.84 Å². The van der Waals surface area contributed by atoms with Crippen LogP contribution in [0.4, 0.5) is 0 Å². The molecule has 81 heavy (non-hydrogen) atoms. The second kappa shape index (κ2) is 41.7. The molecule has 0 amide bonds. The number of carboxylic acid groups (broad SMARTS) is 1. The largest absolute Gasteiger partial charge is 0.744 e. The Hall–Kier alpha value is -3.23. The maximum atomic E-state index is 10.5. The number of piperidine rings is 1. The Morgan fingerprint density at radius 2 is 0.938 bits per heavy atom. The van der Waals surface area contributed by atoms with E-state index in [9.17, 15) is 28.0 Å². The van der Waals surface area contributed by atoms with Gasteiger partial charge in [-0.2, -0.15) is 0 Å². The number of carbonyl (C=O) groups is 1. The molecule has 6 rings (SSSR count). The molecule has 10 nitrogen and oxygen atoms in total. The van der Waals surface area contributed by atoms with Gasteiger partial charge in [0.05, 0.1) is 69.3 Å². The Labute approximate surface area is 507 Å². The number of ether oxygens (including phenoxy) is 1. The van der Waals surface area contributed by atoms with E-state index in [1.807, 2.05) is 31.2 Å². The summed E-state index contributed by atoms with van der Waals surface area (Å²) in [7, 11) is -2.08. The Morgan fingerprint density at radius 3 is 1.27 bits per heavy atom. The number of halogens is 3. The Kier molecular flexibility index (Phi) is 38.1. The van der Waals surface area contributed by atoms with Crippen LogP contribution in [-0.4, -0.2) is 122 Å². The van der Waals surface area contributed by atoms with Gasteiger partial charge in [-0.15, -0.1) is 0 Å². The highest BCUT2D eigenvalue weighted by atomic mass is 35.5. The number of hydrogen-bond donors (Lipinski definition) is 1. The van der Waals surface area contributed by atoms with Crippen molar-refractivity contribution in [2.75, 3.05) is 59.4 Å². The van der Waals surface area contributed by atoms with Crippen LogP contribution in [0.25, 0.3) is 0 Å². The van der Waals surface area contributed by atoms with E-state index in [-0.39, 0.29) is 11.0 Å². The topological polar surface area (TPSA) is 130 Å². The molecule has 2 heterocycles. The number of carbonyl (C=O) groups excluding carboxylic acids is 1. The highest BCUT2D eigenvalue weighted by Gasteiger charge is 2.37. The first-order chi connectivity index (χ1) is 38.7. The lowest BCUT2D eigenvalue weighted by Crippen LogP contribution is -2.49. The number of aryl methyl sites for hydroxylation is 3. The van der Waals surface area contributed by atoms with Gasteiger partial charge in [-0.05, 0) is 210 Å². The van der Waals surface area contributed by atoms with Crippen molar-refractivity contribution in [3.63, 3.8) is 0 Å². The van der Waals surface area contributed by atoms with Gasteiger partial charge in [-0.3, -0.25) is 0 Å². The molecule has 2 aliphatic rings. The quantitative estimate of drug-likeness (QED) is 0.0300. The third kappa shape index (κ3) is 30.9. The van der Waals surface area contributed by atoms with E-state index in [2.05, 4.69) is 77.8 Å². The fourth-order valence-electron chi connectivity index (χ4n) is 11.0. The molecule has 1 N–H and O–H groups in total. The number of fused-ring (bicyclic) bond motifs is 2. The number of quaternary nitrogens is 2. The first-order valence-corrected chi connectivity index (χ1v) is 33.5. The molecule has 2 aliphatic heterocycles. The van der Waals surface area contributed by atoms with Crippen LogP contribution in [-0.2, 0) is 27.8 Å². The smallest absolute Gasteiger partial charge is 0.138 e. The van der Waals surface area contributed by atoms with Crippen molar-refractivity contribution in [2.24, 2.45) is 0 Å². The Balaban J connectivity index is 0.000000359. The minimum atomic E-state index is -4.27. The first-order valence-electron chi connectivity index (χ1n) is 31.0. The first kappa shape index (κ1) is 73.9. The summed E-state index contributed by atoms with van der Waals surface area (Å²) in [6.45, 7) is 28.2. The highest BCUT2D eigenvalue weighted by Crippen LogP contribution is 2.34. The molecule has 0 saturated carbocycles. The predicted molar refractivity (Wildman–Crippen MR) is 339 cm³/mol. The number of aliphatic hydroxyl groups is 1. The fourth-order valence-corrected chi connectivity index (χ4v) is 11.8. The van der Waals surface area contributed by atoms with Gasteiger partial charge in [0, 0.05) is 27.2 Å². The predicted octanol–water partition coefficient (Wildman–Crippen LogP) is 15.7. The molecule has 14 heteroatoms. The van der Waals surface area contributed by atoms with Crippen molar-refractivity contribution in [3.8, 4) is 5.75 Å². The third-order valence-electron chi connectivity index (χ3n) is 16.8. The fraction of sp³-hybridized carbons (Fsp3) is 0.627. The summed E-state index contributed by atoms with van der Waals surface area (Å²) < 4.78 is 38.9. The van der Waals surface area contributed by atoms with Crippen LogP contribution in [0.5, 0.6) is 5.75 Å². The second-order valence-corrected chi connectivity index (χ2v) is 25.3. The van der Waals surface area contributed by atoms with Crippen LogP contribution in [0.15, 0.2) is 102 Å². The highest BCUT2D eigenvalue weighted by molar-refractivity contribution is 7.85. The van der Waals surface area contributed by atoms with E-state index in [4.69, 9.17) is 39.5 Å². The van der Waals surface area contributed by atoms with Crippen molar-refractivity contribution in [1.82, 2.24) is 4.90 Å². The van der Waals surface area contributed by atoms with E-state index >= 15 is 0 Å². The number of carboxylic acids is 1. The number of hydrogen-bond acceptors (Lipinski definition) is 8. The molecule has 3 atom stereocenters. The van der Waals surface area contributed by atoms with Gasteiger partial charge in [-0.1, -0.05) is 136 Å². The summed E-state index contributed by atoms with van der Waals surface area (Å²) in [5.41, 5.74) is 3.76. The van der Waals surface area contributed by atoms with Crippen LogP contribution in [0.2, 0.25) is 15.1 Å². The zero-order valence-corrected chi connectivity index (χ0v) is 54.4. The standard InChI is InChI=1S/2C21H37ClN.C10H11ClO3.C8H15NO.C7H8O3S/c2*1-4-7-8-9-11-18-23(5-2,6-3)19-12-10-13-20-14-16-21(22)17-15-20;1-2-9(10(12)13)14-8-5-3-7(11)4-6-8;1-9-6-2-3-7(9)5-8(10)4-6;1-6-2-4-7(5-3-6)11(8,9)10/h2*14-17H,4-13,18-19H2,1-3H3;3-6,9H,2H2,1H3,(H,12,13);6-8,10H,2-5H2,1H3;2-5H,1H3,(H,8,9,10)/q2*+1;;;/p-2. The molecular formula is C67H106Cl3N3O7S. The summed E-state index contributed by atoms with van der Waals surface area (Å²) in [4.78, 5) is 12.8. The molecule has 0 aliphatic carbocycles. The molecule has 3 unspecified atom stereocenters. The van der Waals surface area contributed by atoms with Gasteiger partial charge >= 0.3 is 0 Å². The van der Waals surface area contributed by atoms with Crippen LogP contribution in [0, 0.1) is 6.92 Å². The van der Waals surface area contributed by atoms with Gasteiger partial charge in [0.15, 0.2) is 0 Å². The van der Waals surface area contributed by atoms with E-state index in [0.29, 0.717) is 29.3 Å². The van der Waals surface area contributed by atoms with Crippen LogP contribution in [0.3, 0.4) is 0 Å². The minimum absolute atomic E-state index is 0.00583. The van der Waals surface area contributed by atoms with Crippen LogP contribution >= 0.6 is 34.8 Å². The minimum Gasteiger partial charge on any atom is -0.744 e. The zero-order valence-electron chi connectivity index (χ0n) is 51.3. The van der Waals surface area contributed by atoms with Crippen molar-refractivity contribution in [2.45, 2.75) is 219 Å². The van der Waals surface area contributed by atoms with E-state index in [1.165, 1.54) is 200 Å². The number of unbranched alkanes of at least 4 members (excludes halogenated alkanes) is 10. The molecule has 0 aromatic heterocycles. The summed E-state index contributed by atoms with van der Waals surface area (Å²) in [5, 5.41) is 22.2. The third-order valence-corrected chi connectivity index (χ3v) is 18.4. The number of nitrogens with zero attached hydrogens (tertiary/aromatic N) is 3. The van der Waals surface area contributed by atoms with Crippen LogP contribution in [0.1, 0.15) is 187 Å². The number of rotatable bonds is 31. The summed E-state index contributed by atoms with van der Waals surface area (Å²) in [6, 6.07) is 30.4. The van der Waals surface area contributed by atoms with E-state index in [0.717, 1.165) is 28.5 Å². The molecule has 4 aromatic rings. The van der Waals surface area contributed by atoms with Gasteiger partial charge < -0.3 is 38.2 Å². The van der Waals surface area contributed by atoms with Gasteiger partial charge in [0.1, 0.15) is 22.0 Å². The maximum absolute atomic E-state index is 10.5. The van der Waals surface area contributed by atoms with E-state index in [1.54, 1.807) is 43.3 Å². The zero-order chi connectivity index (χ0) is 60.1. The normalized spacial score (nSPS) is 16.3. The monoisotopic (exact) mass is 1200 g/mol. The average molecular weight is 1200 g/mol. The molecule has 4 aromatic carbocycles.